The molecule has 1 aromatic heterocycles. The highest BCUT2D eigenvalue weighted by atomic mass is 35.5. The number of nitrogens with one attached hydrogen (secondary N) is 1. The molecule has 0 atom stereocenters. The highest BCUT2D eigenvalue weighted by Gasteiger charge is 2.34. The molecule has 4 rings (SSSR count). The van der Waals surface area contributed by atoms with Crippen molar-refractivity contribution in [2.45, 2.75) is 6.54 Å². The number of amides is 3. The molecule has 1 aliphatic rings. The number of urea groups is 1. The molecule has 0 radical (unpaired) electrons. The quantitative estimate of drug-likeness (QED) is 0.482. The molecule has 3 aromatic rings. The number of benzene rings is 2. The Labute approximate surface area is 176 Å². The van der Waals surface area contributed by atoms with Crippen LogP contribution < -0.4 is 5.32 Å². The fourth-order valence-corrected chi connectivity index (χ4v) is 3.39. The van der Waals surface area contributed by atoms with Crippen LogP contribution >= 0.6 is 11.6 Å². The fraction of sp³-hybridized carbons (Fsp3) is 0.0455. The zero-order chi connectivity index (χ0) is 21.3. The first-order valence-electron chi connectivity index (χ1n) is 9.03. The molecule has 0 bridgehead atoms. The van der Waals surface area contributed by atoms with Crippen LogP contribution in [0.4, 0.5) is 4.79 Å². The third-order valence-electron chi connectivity index (χ3n) is 4.69. The molecule has 2 aromatic carbocycles. The van der Waals surface area contributed by atoms with Gasteiger partial charge >= 0.3 is 12.0 Å². The predicted octanol–water partition coefficient (Wildman–Crippen LogP) is 3.92. The van der Waals surface area contributed by atoms with Gasteiger partial charge in [-0.1, -0.05) is 35.9 Å². The molecule has 0 spiro atoms. The molecule has 8 heteroatoms. The molecule has 30 heavy (non-hydrogen) atoms. The number of carboxylic acid groups (broad SMARTS) is 1. The molecule has 1 aliphatic heterocycles. The number of hydrogen-bond donors (Lipinski definition) is 2. The van der Waals surface area contributed by atoms with E-state index < -0.39 is 17.9 Å². The lowest BCUT2D eigenvalue weighted by Crippen LogP contribution is -2.30. The largest absolute Gasteiger partial charge is 0.478 e. The summed E-state index contributed by atoms with van der Waals surface area (Å²) in [7, 11) is 0. The van der Waals surface area contributed by atoms with E-state index in [9.17, 15) is 19.5 Å². The minimum Gasteiger partial charge on any atom is -0.478 e. The highest BCUT2D eigenvalue weighted by Crippen LogP contribution is 2.22. The second-order valence-corrected chi connectivity index (χ2v) is 7.04. The third kappa shape index (κ3) is 3.70. The highest BCUT2D eigenvalue weighted by molar-refractivity contribution is 6.31. The van der Waals surface area contributed by atoms with Crippen molar-refractivity contribution in [3.05, 3.63) is 94.4 Å². The lowest BCUT2D eigenvalue weighted by molar-refractivity contribution is -0.123. The number of carbonyl (C=O) groups is 3. The summed E-state index contributed by atoms with van der Waals surface area (Å²) in [5.74, 6) is -1.50. The van der Waals surface area contributed by atoms with Crippen molar-refractivity contribution in [3.63, 3.8) is 0 Å². The Morgan fingerprint density at radius 2 is 1.87 bits per heavy atom. The number of carboxylic acids is 1. The van der Waals surface area contributed by atoms with Crippen molar-refractivity contribution in [2.24, 2.45) is 0 Å². The first kappa shape index (κ1) is 19.5. The maximum absolute atomic E-state index is 12.8. The van der Waals surface area contributed by atoms with Crippen LogP contribution in [0.3, 0.4) is 0 Å². The van der Waals surface area contributed by atoms with Crippen molar-refractivity contribution in [3.8, 4) is 5.69 Å². The second kappa shape index (κ2) is 7.88. The van der Waals surface area contributed by atoms with Gasteiger partial charge in [0, 0.05) is 22.6 Å². The molecule has 150 valence electrons. The van der Waals surface area contributed by atoms with Crippen LogP contribution in [0.5, 0.6) is 0 Å². The summed E-state index contributed by atoms with van der Waals surface area (Å²) >= 11 is 6.14. The van der Waals surface area contributed by atoms with Crippen molar-refractivity contribution in [1.82, 2.24) is 14.8 Å². The summed E-state index contributed by atoms with van der Waals surface area (Å²) in [6.45, 7) is 0.0589. The van der Waals surface area contributed by atoms with Gasteiger partial charge in [0.05, 0.1) is 12.1 Å². The average Bonchev–Trinajstić information content (AvgIpc) is 3.30. The van der Waals surface area contributed by atoms with Gasteiger partial charge in [-0.05, 0) is 48.0 Å². The second-order valence-electron chi connectivity index (χ2n) is 6.63. The molecule has 0 unspecified atom stereocenters. The summed E-state index contributed by atoms with van der Waals surface area (Å²) in [4.78, 5) is 37.5. The summed E-state index contributed by atoms with van der Waals surface area (Å²) in [5, 5.41) is 12.3. The van der Waals surface area contributed by atoms with Crippen molar-refractivity contribution >= 4 is 35.6 Å². The van der Waals surface area contributed by atoms with E-state index in [2.05, 4.69) is 5.32 Å². The molecule has 1 saturated heterocycles. The molecular weight excluding hydrogens is 406 g/mol. The average molecular weight is 422 g/mol. The van der Waals surface area contributed by atoms with Crippen LogP contribution in [-0.2, 0) is 11.3 Å². The molecule has 2 heterocycles. The van der Waals surface area contributed by atoms with E-state index in [0.717, 1.165) is 4.90 Å². The zero-order valence-electron chi connectivity index (χ0n) is 15.6. The minimum atomic E-state index is -1.03. The van der Waals surface area contributed by atoms with Crippen LogP contribution in [-0.4, -0.2) is 32.5 Å². The topological polar surface area (TPSA) is 91.6 Å². The van der Waals surface area contributed by atoms with E-state index in [4.69, 9.17) is 11.6 Å². The van der Waals surface area contributed by atoms with E-state index in [1.165, 1.54) is 12.1 Å². The minimum absolute atomic E-state index is 0.0589. The van der Waals surface area contributed by atoms with Crippen molar-refractivity contribution in [2.75, 3.05) is 0 Å². The summed E-state index contributed by atoms with van der Waals surface area (Å²) in [6, 6.07) is 16.4. The Morgan fingerprint density at radius 3 is 2.63 bits per heavy atom. The van der Waals surface area contributed by atoms with E-state index in [0.29, 0.717) is 22.0 Å². The molecular formula is C22H16ClN3O4. The Kier molecular flexibility index (Phi) is 5.12. The van der Waals surface area contributed by atoms with Crippen LogP contribution in [0.1, 0.15) is 21.6 Å². The number of halogens is 1. The summed E-state index contributed by atoms with van der Waals surface area (Å²) in [6.07, 6.45) is 3.30. The number of aromatic carboxylic acids is 1. The van der Waals surface area contributed by atoms with Gasteiger partial charge in [-0.2, -0.15) is 0 Å². The fourth-order valence-electron chi connectivity index (χ4n) is 3.20. The number of imide groups is 1. The number of rotatable bonds is 5. The van der Waals surface area contributed by atoms with Gasteiger partial charge in [-0.25, -0.2) is 9.59 Å². The van der Waals surface area contributed by atoms with Gasteiger partial charge in [-0.15, -0.1) is 0 Å². The molecule has 0 saturated carbocycles. The summed E-state index contributed by atoms with van der Waals surface area (Å²) in [5.41, 5.74) is 2.17. The van der Waals surface area contributed by atoms with Gasteiger partial charge < -0.3 is 15.0 Å². The smallest absolute Gasteiger partial charge is 0.335 e. The van der Waals surface area contributed by atoms with Crippen molar-refractivity contribution < 1.29 is 19.5 Å². The standard InChI is InChI=1S/C22H16ClN3O4/c23-18-9-2-1-5-15(18)13-26-20(27)19(24-22(26)30)12-17-8-4-10-25(17)16-7-3-6-14(11-16)21(28)29/h1-12H,13H2,(H,24,30)(H,28,29). The predicted molar refractivity (Wildman–Crippen MR) is 111 cm³/mol. The lowest BCUT2D eigenvalue weighted by Gasteiger charge is -2.12. The van der Waals surface area contributed by atoms with E-state index in [-0.39, 0.29) is 17.8 Å². The van der Waals surface area contributed by atoms with Gasteiger partial charge in [0.2, 0.25) is 0 Å². The van der Waals surface area contributed by atoms with Crippen LogP contribution in [0.25, 0.3) is 11.8 Å². The Hall–Kier alpha value is -3.84. The third-order valence-corrected chi connectivity index (χ3v) is 5.06. The van der Waals surface area contributed by atoms with Gasteiger partial charge in [0.15, 0.2) is 0 Å². The number of carbonyl (C=O) groups excluding carboxylic acids is 2. The lowest BCUT2D eigenvalue weighted by atomic mass is 10.2. The van der Waals surface area contributed by atoms with Crippen LogP contribution in [0.15, 0.2) is 72.6 Å². The first-order chi connectivity index (χ1) is 14.4. The normalized spacial score (nSPS) is 15.0. The van der Waals surface area contributed by atoms with Crippen LogP contribution in [0.2, 0.25) is 5.02 Å². The maximum atomic E-state index is 12.8. The van der Waals surface area contributed by atoms with E-state index >= 15 is 0 Å². The molecule has 0 aliphatic carbocycles. The Balaban J connectivity index is 1.63. The number of hydrogen-bond acceptors (Lipinski definition) is 3. The molecule has 7 nitrogen and oxygen atoms in total. The van der Waals surface area contributed by atoms with Gasteiger partial charge in [0.25, 0.3) is 5.91 Å². The van der Waals surface area contributed by atoms with Crippen molar-refractivity contribution in [1.29, 1.82) is 0 Å². The van der Waals surface area contributed by atoms with E-state index in [1.54, 1.807) is 65.4 Å². The van der Waals surface area contributed by atoms with Gasteiger partial charge in [0.1, 0.15) is 5.70 Å². The Bertz CT molecular complexity index is 1200. The Morgan fingerprint density at radius 1 is 1.07 bits per heavy atom. The molecule has 3 amide bonds. The zero-order valence-corrected chi connectivity index (χ0v) is 16.3. The summed E-state index contributed by atoms with van der Waals surface area (Å²) < 4.78 is 1.73. The number of nitrogens with zero attached hydrogens (tertiary/aromatic N) is 2. The molecule has 2 N–H and O–H groups in total. The van der Waals surface area contributed by atoms with E-state index in [1.807, 2.05) is 0 Å². The maximum Gasteiger partial charge on any atom is 0.335 e. The monoisotopic (exact) mass is 421 g/mol. The number of aromatic nitrogens is 1. The first-order valence-corrected chi connectivity index (χ1v) is 9.41. The van der Waals surface area contributed by atoms with Gasteiger partial charge in [-0.3, -0.25) is 9.69 Å². The SMILES string of the molecule is O=C(O)c1cccc(-n2cccc2C=C2NC(=O)N(Cc3ccccc3Cl)C2=O)c1. The molecule has 1 fully saturated rings. The van der Waals surface area contributed by atoms with Crippen LogP contribution in [0, 0.1) is 0 Å².